The van der Waals surface area contributed by atoms with E-state index in [0.29, 0.717) is 19.5 Å². The molecule has 0 aliphatic rings. The van der Waals surface area contributed by atoms with Gasteiger partial charge in [-0.15, -0.1) is 8.86 Å². The van der Waals surface area contributed by atoms with E-state index in [1.807, 2.05) is 25.9 Å². The van der Waals surface area contributed by atoms with Gasteiger partial charge in [-0.1, -0.05) is 32.2 Å². The molecule has 0 heterocycles. The third-order valence-electron chi connectivity index (χ3n) is 3.59. The first-order valence-corrected chi connectivity index (χ1v) is 9.26. The first-order chi connectivity index (χ1) is 13.1. The van der Waals surface area contributed by atoms with Gasteiger partial charge in [0.15, 0.2) is 0 Å². The van der Waals surface area contributed by atoms with E-state index in [1.165, 1.54) is 11.8 Å². The summed E-state index contributed by atoms with van der Waals surface area (Å²) in [7, 11) is 7.35. The van der Waals surface area contributed by atoms with Crippen LogP contribution < -0.4 is 16.0 Å². The van der Waals surface area contributed by atoms with Gasteiger partial charge in [-0.05, 0) is 30.8 Å². The van der Waals surface area contributed by atoms with Crippen molar-refractivity contribution in [3.05, 3.63) is 55.3 Å². The number of nitrogens with one attached hydrogen (secondary N) is 3. The van der Waals surface area contributed by atoms with E-state index >= 15 is 0 Å². The van der Waals surface area contributed by atoms with Crippen molar-refractivity contribution in [2.24, 2.45) is 4.99 Å². The summed E-state index contributed by atoms with van der Waals surface area (Å²) in [6.45, 7) is 12.1. The molecule has 0 atom stereocenters. The van der Waals surface area contributed by atoms with E-state index < -0.39 is 0 Å². The molecule has 1 rings (SSSR count). The lowest BCUT2D eigenvalue weighted by molar-refractivity contribution is -0.109. The highest BCUT2D eigenvalue weighted by molar-refractivity contribution is 7.21. The van der Waals surface area contributed by atoms with E-state index in [9.17, 15) is 4.79 Å². The van der Waals surface area contributed by atoms with Crippen LogP contribution in [0, 0.1) is 0 Å². The van der Waals surface area contributed by atoms with Gasteiger partial charge in [0.1, 0.15) is 0 Å². The van der Waals surface area contributed by atoms with Crippen LogP contribution in [0.2, 0.25) is 0 Å². The van der Waals surface area contributed by atoms with Crippen molar-refractivity contribution in [1.82, 2.24) is 15.5 Å². The van der Waals surface area contributed by atoms with Crippen molar-refractivity contribution in [2.45, 2.75) is 13.5 Å². The van der Waals surface area contributed by atoms with Crippen LogP contribution >= 0.6 is 8.86 Å². The zero-order chi connectivity index (χ0) is 20.5. The topological polar surface area (TPSA) is 68.8 Å². The van der Waals surface area contributed by atoms with Gasteiger partial charge in [-0.2, -0.15) is 0 Å². The van der Waals surface area contributed by atoms with Crippen molar-refractivity contribution in [3.8, 4) is 0 Å². The Balaban J connectivity index is 0.000000533. The maximum atomic E-state index is 10.2. The molecule has 0 saturated carbocycles. The second-order valence-electron chi connectivity index (χ2n) is 5.44. The predicted molar refractivity (Wildman–Crippen MR) is 121 cm³/mol. The third-order valence-corrected chi connectivity index (χ3v) is 4.08. The summed E-state index contributed by atoms with van der Waals surface area (Å²) in [4.78, 5) is 16.3. The molecule has 7 heteroatoms. The highest BCUT2D eigenvalue weighted by atomic mass is 31.0. The van der Waals surface area contributed by atoms with Gasteiger partial charge in [-0.25, -0.2) is 0 Å². The number of likely N-dealkylation sites (N-methyl/N-ethyl adjacent to an activating group) is 1. The van der Waals surface area contributed by atoms with Gasteiger partial charge in [0, 0.05) is 44.0 Å². The zero-order valence-electron chi connectivity index (χ0n) is 16.6. The number of nitrogens with zero attached hydrogens (tertiary/aromatic N) is 2. The van der Waals surface area contributed by atoms with E-state index in [-0.39, 0.29) is 0 Å². The molecule has 0 radical (unpaired) electrons. The summed E-state index contributed by atoms with van der Waals surface area (Å²) in [6, 6.07) is 8.38. The van der Waals surface area contributed by atoms with Crippen molar-refractivity contribution in [1.29, 1.82) is 0 Å². The minimum Gasteiger partial charge on any atom is -0.388 e. The smallest absolute Gasteiger partial charge is 0.207 e. The number of benzene rings is 1. The van der Waals surface area contributed by atoms with E-state index in [2.05, 4.69) is 67.2 Å². The molecule has 1 aromatic rings. The van der Waals surface area contributed by atoms with Crippen LogP contribution in [0.3, 0.4) is 0 Å². The number of carbonyl (C=O) groups is 1. The Morgan fingerprint density at radius 1 is 1.26 bits per heavy atom. The molecule has 1 aromatic carbocycles. The van der Waals surface area contributed by atoms with Crippen molar-refractivity contribution >= 4 is 32.1 Å². The predicted octanol–water partition coefficient (Wildman–Crippen LogP) is 2.55. The number of hydrogen-bond donors (Lipinski definition) is 3. The van der Waals surface area contributed by atoms with Crippen molar-refractivity contribution in [3.63, 3.8) is 0 Å². The minimum atomic E-state index is 0.465. The monoisotopic (exact) mass is 389 g/mol. The Morgan fingerprint density at radius 3 is 2.37 bits per heavy atom. The van der Waals surface area contributed by atoms with Gasteiger partial charge >= 0.3 is 0 Å². The summed E-state index contributed by atoms with van der Waals surface area (Å²) in [6.07, 6.45) is 3.85. The number of carbonyl (C=O) groups excluding carboxylic acids is 1. The number of amides is 1. The molecule has 0 saturated heterocycles. The van der Waals surface area contributed by atoms with Crippen LogP contribution in [0.1, 0.15) is 12.5 Å². The minimum absolute atomic E-state index is 0.465. The van der Waals surface area contributed by atoms with Crippen LogP contribution in [-0.4, -0.2) is 56.2 Å². The zero-order valence-corrected chi connectivity index (χ0v) is 17.6. The lowest BCUT2D eigenvalue weighted by atomic mass is 10.2. The fourth-order valence-corrected chi connectivity index (χ4v) is 2.45. The van der Waals surface area contributed by atoms with Crippen LogP contribution in [0.4, 0.5) is 5.69 Å². The maximum absolute atomic E-state index is 10.2. The van der Waals surface area contributed by atoms with Gasteiger partial charge in [-0.3, -0.25) is 14.7 Å². The quantitative estimate of drug-likeness (QED) is 0.292. The summed E-state index contributed by atoms with van der Waals surface area (Å²) in [5.41, 5.74) is 4.20. The summed E-state index contributed by atoms with van der Waals surface area (Å²) in [5.74, 6) is 0. The molecule has 0 unspecified atom stereocenters. The van der Waals surface area contributed by atoms with Crippen LogP contribution in [-0.2, 0) is 11.3 Å². The molecule has 1 amide bonds. The molecule has 3 N–H and O–H groups in total. The summed E-state index contributed by atoms with van der Waals surface area (Å²) < 4.78 is 0. The van der Waals surface area contributed by atoms with E-state index in [1.54, 1.807) is 6.08 Å². The first kappa shape index (κ1) is 24.7. The van der Waals surface area contributed by atoms with Gasteiger partial charge < -0.3 is 16.0 Å². The highest BCUT2D eigenvalue weighted by Gasteiger charge is 2.08. The molecule has 0 aromatic heterocycles. The first-order valence-electron chi connectivity index (χ1n) is 8.76. The summed E-state index contributed by atoms with van der Waals surface area (Å²) >= 11 is 0. The fourth-order valence-electron chi connectivity index (χ4n) is 2.11. The van der Waals surface area contributed by atoms with Gasteiger partial charge in [0.25, 0.3) is 0 Å². The Morgan fingerprint density at radius 2 is 1.93 bits per heavy atom. The molecule has 27 heavy (non-hydrogen) atoms. The Hall–Kier alpha value is -2.27. The van der Waals surface area contributed by atoms with Crippen LogP contribution in [0.5, 0.6) is 0 Å². The SMILES string of the molecule is C=CN=C(C=C)CN(CC)C(=P)CNC=O.CNCc1ccc(NC)cc1. The molecule has 0 aliphatic carbocycles. The largest absolute Gasteiger partial charge is 0.388 e. The lowest BCUT2D eigenvalue weighted by Gasteiger charge is -2.21. The number of rotatable bonds is 12. The Labute approximate surface area is 165 Å². The third kappa shape index (κ3) is 11.1. The Bertz CT molecular complexity index is 613. The fraction of sp³-hybridized carbons (Fsp3) is 0.350. The highest BCUT2D eigenvalue weighted by Crippen LogP contribution is 2.07. The second kappa shape index (κ2) is 15.9. The van der Waals surface area contributed by atoms with Gasteiger partial charge in [0.2, 0.25) is 6.41 Å². The maximum Gasteiger partial charge on any atom is 0.207 e. The van der Waals surface area contributed by atoms with Crippen LogP contribution in [0.15, 0.2) is 54.7 Å². The Kier molecular flexibility index (Phi) is 14.6. The average molecular weight is 389 g/mol. The molecule has 0 bridgehead atoms. The number of anilines is 1. The molecule has 0 fully saturated rings. The molecule has 148 valence electrons. The molecular weight excluding hydrogens is 357 g/mol. The lowest BCUT2D eigenvalue weighted by Crippen LogP contribution is -2.39. The normalized spacial score (nSPS) is 10.4. The van der Waals surface area contributed by atoms with Crippen LogP contribution in [0.25, 0.3) is 0 Å². The number of aliphatic imine (C=N–C) groups is 1. The standard InChI is InChI=1S/C11H18N3OP.C9H14N2/c1-4-10(13-5-2)8-14(6-3)11(16)7-12-9-15;1-10-7-8-3-5-9(11-2)6-4-8/h4-5,9,16H,1-2,6-8H2,3H3,(H,12,15);3-6,10-11H,7H2,1-2H3. The second-order valence-corrected chi connectivity index (χ2v) is 6.02. The average Bonchev–Trinajstić information content (AvgIpc) is 2.70. The van der Waals surface area contributed by atoms with Crippen molar-refractivity contribution in [2.75, 3.05) is 39.0 Å². The summed E-state index contributed by atoms with van der Waals surface area (Å²) in [5, 5.41) is 8.77. The van der Waals surface area contributed by atoms with Crippen molar-refractivity contribution < 1.29 is 4.79 Å². The van der Waals surface area contributed by atoms with E-state index in [0.717, 1.165) is 29.9 Å². The van der Waals surface area contributed by atoms with E-state index in [4.69, 9.17) is 0 Å². The number of hydrogen-bond acceptors (Lipinski definition) is 4. The molecule has 6 nitrogen and oxygen atoms in total. The molecule has 0 spiro atoms. The molecular formula is C20H32N5OP. The molecule has 0 aliphatic heterocycles. The van der Waals surface area contributed by atoms with Gasteiger partial charge in [0.05, 0.1) is 12.3 Å².